The van der Waals surface area contributed by atoms with Crippen LogP contribution >= 0.6 is 11.8 Å². The second-order valence-electron chi connectivity index (χ2n) is 7.49. The zero-order chi connectivity index (χ0) is 24.8. The molecule has 1 fully saturated rings. The normalized spacial score (nSPS) is 15.8. The fourth-order valence-electron chi connectivity index (χ4n) is 3.45. The molecule has 2 aliphatic rings. The average Bonchev–Trinajstić information content (AvgIpc) is 3.42. The third-order valence-electron chi connectivity index (χ3n) is 5.13. The molecular formula is C25H24N2O7S. The largest absolute Gasteiger partial charge is 0.493 e. The van der Waals surface area contributed by atoms with E-state index in [1.807, 2.05) is 31.2 Å². The molecule has 0 spiro atoms. The minimum atomic E-state index is -0.408. The van der Waals surface area contributed by atoms with E-state index < -0.39 is 11.1 Å². The maximum absolute atomic E-state index is 12.7. The van der Waals surface area contributed by atoms with Gasteiger partial charge in [-0.25, -0.2) is 0 Å². The summed E-state index contributed by atoms with van der Waals surface area (Å²) >= 11 is 0.855. The molecule has 2 heterocycles. The second-order valence-corrected chi connectivity index (χ2v) is 8.49. The number of nitrogens with zero attached hydrogens (tertiary/aromatic N) is 1. The number of hydrogen-bond acceptors (Lipinski definition) is 8. The fourth-order valence-corrected chi connectivity index (χ4v) is 4.31. The van der Waals surface area contributed by atoms with E-state index in [9.17, 15) is 14.4 Å². The molecule has 0 radical (unpaired) electrons. The summed E-state index contributed by atoms with van der Waals surface area (Å²) < 4.78 is 21.5. The van der Waals surface area contributed by atoms with Gasteiger partial charge in [-0.3, -0.25) is 19.3 Å². The van der Waals surface area contributed by atoms with Crippen LogP contribution < -0.4 is 24.3 Å². The summed E-state index contributed by atoms with van der Waals surface area (Å²) in [6.45, 7) is 2.00. The van der Waals surface area contributed by atoms with Gasteiger partial charge in [0, 0.05) is 13.1 Å². The van der Waals surface area contributed by atoms with Crippen molar-refractivity contribution in [2.24, 2.45) is 0 Å². The smallest absolute Gasteiger partial charge is 0.293 e. The Morgan fingerprint density at radius 1 is 1.11 bits per heavy atom. The molecule has 2 aliphatic heterocycles. The number of carbonyl (C=O) groups excluding carboxylic acids is 3. The number of nitrogens with one attached hydrogen (secondary N) is 1. The quantitative estimate of drug-likeness (QED) is 0.525. The molecule has 1 N–H and O–H groups in total. The Kier molecular flexibility index (Phi) is 7.61. The van der Waals surface area contributed by atoms with Crippen LogP contribution in [0.3, 0.4) is 0 Å². The van der Waals surface area contributed by atoms with Crippen LogP contribution in [0.15, 0.2) is 47.4 Å². The summed E-state index contributed by atoms with van der Waals surface area (Å²) in [6.07, 6.45) is 5.47. The van der Waals surface area contributed by atoms with Crippen molar-refractivity contribution in [3.63, 3.8) is 0 Å². The first-order valence-electron chi connectivity index (χ1n) is 10.8. The first kappa shape index (κ1) is 24.2. The third kappa shape index (κ3) is 5.78. The van der Waals surface area contributed by atoms with Gasteiger partial charge in [-0.1, -0.05) is 24.3 Å². The van der Waals surface area contributed by atoms with Crippen LogP contribution in [-0.4, -0.2) is 55.6 Å². The molecule has 0 aromatic heterocycles. The number of allylic oxidation sites excluding steroid dienone is 1. The van der Waals surface area contributed by atoms with Gasteiger partial charge in [0.15, 0.2) is 29.6 Å². The topological polar surface area (TPSA) is 103 Å². The molecule has 0 aliphatic carbocycles. The molecule has 3 amide bonds. The Morgan fingerprint density at radius 3 is 2.71 bits per heavy atom. The SMILES string of the molecule is C/C=C/c1ccc(OCC(=O)NCCN2C(=O)S/C(=C\c3ccc4c(c3)OCO4)C2=O)c(OC)c1. The molecule has 2 aromatic rings. The van der Waals surface area contributed by atoms with Crippen molar-refractivity contribution in [3.8, 4) is 23.0 Å². The van der Waals surface area contributed by atoms with Gasteiger partial charge in [0.2, 0.25) is 6.79 Å². The number of fused-ring (bicyclic) bond motifs is 1. The summed E-state index contributed by atoms with van der Waals surface area (Å²) in [6, 6.07) is 10.7. The molecular weight excluding hydrogens is 472 g/mol. The molecule has 1 saturated heterocycles. The van der Waals surface area contributed by atoms with Crippen molar-refractivity contribution in [2.75, 3.05) is 33.6 Å². The lowest BCUT2D eigenvalue weighted by Crippen LogP contribution is -2.38. The molecule has 0 saturated carbocycles. The van der Waals surface area contributed by atoms with E-state index >= 15 is 0 Å². The molecule has 182 valence electrons. The monoisotopic (exact) mass is 496 g/mol. The van der Waals surface area contributed by atoms with Crippen LogP contribution in [-0.2, 0) is 9.59 Å². The van der Waals surface area contributed by atoms with Gasteiger partial charge in [-0.2, -0.15) is 0 Å². The van der Waals surface area contributed by atoms with Crippen LogP contribution in [0.1, 0.15) is 18.1 Å². The number of amides is 3. The van der Waals surface area contributed by atoms with Gasteiger partial charge < -0.3 is 24.3 Å². The number of methoxy groups -OCH3 is 1. The Hall–Kier alpha value is -3.92. The van der Waals surface area contributed by atoms with Gasteiger partial charge in [0.05, 0.1) is 12.0 Å². The van der Waals surface area contributed by atoms with Crippen molar-refractivity contribution in [3.05, 3.63) is 58.5 Å². The highest BCUT2D eigenvalue weighted by Crippen LogP contribution is 2.36. The fraction of sp³-hybridized carbons (Fsp3) is 0.240. The van der Waals surface area contributed by atoms with Gasteiger partial charge in [-0.05, 0) is 60.2 Å². The van der Waals surface area contributed by atoms with Crippen LogP contribution in [0.2, 0.25) is 0 Å². The third-order valence-corrected chi connectivity index (χ3v) is 6.04. The predicted molar refractivity (Wildman–Crippen MR) is 131 cm³/mol. The lowest BCUT2D eigenvalue weighted by molar-refractivity contribution is -0.125. The van der Waals surface area contributed by atoms with Crippen LogP contribution in [0.5, 0.6) is 23.0 Å². The van der Waals surface area contributed by atoms with E-state index in [-0.39, 0.29) is 32.4 Å². The van der Waals surface area contributed by atoms with Crippen LogP contribution in [0.4, 0.5) is 4.79 Å². The van der Waals surface area contributed by atoms with E-state index in [4.69, 9.17) is 18.9 Å². The standard InChI is InChI=1S/C25H24N2O7S/c1-3-4-16-5-7-18(20(11-16)31-2)32-14-23(28)26-9-10-27-24(29)22(35-25(27)30)13-17-6-8-19-21(12-17)34-15-33-19/h3-8,11-13H,9-10,14-15H2,1-2H3,(H,26,28)/b4-3+,22-13-. The van der Waals surface area contributed by atoms with Gasteiger partial charge in [0.25, 0.3) is 17.1 Å². The van der Waals surface area contributed by atoms with Crippen molar-refractivity contribution < 1.29 is 33.3 Å². The number of ether oxygens (including phenoxy) is 4. The maximum atomic E-state index is 12.7. The Bertz CT molecular complexity index is 1210. The first-order chi connectivity index (χ1) is 17.0. The molecule has 10 heteroatoms. The first-order valence-corrected chi connectivity index (χ1v) is 11.7. The molecule has 0 bridgehead atoms. The molecule has 4 rings (SSSR count). The summed E-state index contributed by atoms with van der Waals surface area (Å²) in [5, 5.41) is 2.27. The molecule has 2 aromatic carbocycles. The Balaban J connectivity index is 1.27. The number of hydrogen-bond donors (Lipinski definition) is 1. The van der Waals surface area contributed by atoms with E-state index in [1.165, 1.54) is 7.11 Å². The Morgan fingerprint density at radius 2 is 1.91 bits per heavy atom. The minimum Gasteiger partial charge on any atom is -0.493 e. The second kappa shape index (κ2) is 11.0. The number of rotatable bonds is 9. The Labute approximate surface area is 206 Å². The highest BCUT2D eigenvalue weighted by Gasteiger charge is 2.34. The zero-order valence-corrected chi connectivity index (χ0v) is 20.1. The summed E-state index contributed by atoms with van der Waals surface area (Å²) in [7, 11) is 1.53. The maximum Gasteiger partial charge on any atom is 0.293 e. The number of carbonyl (C=O) groups is 3. The highest BCUT2D eigenvalue weighted by molar-refractivity contribution is 8.18. The number of thioether (sulfide) groups is 1. The molecule has 0 atom stereocenters. The summed E-state index contributed by atoms with van der Waals surface area (Å²) in [5.41, 5.74) is 1.67. The van der Waals surface area contributed by atoms with Crippen molar-refractivity contribution in [1.82, 2.24) is 10.2 Å². The van der Waals surface area contributed by atoms with Crippen LogP contribution in [0.25, 0.3) is 12.2 Å². The summed E-state index contributed by atoms with van der Waals surface area (Å²) in [4.78, 5) is 38.6. The number of benzene rings is 2. The molecule has 0 unspecified atom stereocenters. The van der Waals surface area contributed by atoms with E-state index in [0.29, 0.717) is 27.9 Å². The molecule has 9 nitrogen and oxygen atoms in total. The van der Waals surface area contributed by atoms with Gasteiger partial charge in [0.1, 0.15) is 0 Å². The number of imide groups is 1. The zero-order valence-electron chi connectivity index (χ0n) is 19.2. The van der Waals surface area contributed by atoms with E-state index in [1.54, 1.807) is 30.3 Å². The van der Waals surface area contributed by atoms with Crippen molar-refractivity contribution in [1.29, 1.82) is 0 Å². The predicted octanol–water partition coefficient (Wildman–Crippen LogP) is 3.69. The van der Waals surface area contributed by atoms with E-state index in [0.717, 1.165) is 27.8 Å². The van der Waals surface area contributed by atoms with Crippen molar-refractivity contribution in [2.45, 2.75) is 6.92 Å². The van der Waals surface area contributed by atoms with Crippen LogP contribution in [0, 0.1) is 0 Å². The average molecular weight is 497 g/mol. The van der Waals surface area contributed by atoms with Gasteiger partial charge >= 0.3 is 0 Å². The van der Waals surface area contributed by atoms with Crippen molar-refractivity contribution >= 4 is 41.0 Å². The molecule has 35 heavy (non-hydrogen) atoms. The minimum absolute atomic E-state index is 0.0518. The van der Waals surface area contributed by atoms with Gasteiger partial charge in [-0.15, -0.1) is 0 Å². The lowest BCUT2D eigenvalue weighted by Gasteiger charge is -2.14. The summed E-state index contributed by atoms with van der Waals surface area (Å²) in [5.74, 6) is 1.39. The lowest BCUT2D eigenvalue weighted by atomic mass is 10.2. The van der Waals surface area contributed by atoms with E-state index in [2.05, 4.69) is 5.32 Å². The highest BCUT2D eigenvalue weighted by atomic mass is 32.2.